The van der Waals surface area contributed by atoms with Gasteiger partial charge in [0.15, 0.2) is 0 Å². The van der Waals surface area contributed by atoms with Crippen molar-refractivity contribution in [3.63, 3.8) is 0 Å². The van der Waals surface area contributed by atoms with Gasteiger partial charge in [-0.2, -0.15) is 0 Å². The fourth-order valence-electron chi connectivity index (χ4n) is 4.41. The first-order chi connectivity index (χ1) is 15.7. The van der Waals surface area contributed by atoms with Gasteiger partial charge in [0, 0.05) is 22.5 Å². The fourth-order valence-corrected chi connectivity index (χ4v) is 4.41. The molecule has 0 aliphatic carbocycles. The Hall–Kier alpha value is -4.44. The highest BCUT2D eigenvalue weighted by atomic mass is 14.8. The summed E-state index contributed by atoms with van der Waals surface area (Å²) in [5.41, 5.74) is 21.2. The summed E-state index contributed by atoms with van der Waals surface area (Å²) < 4.78 is 0. The molecule has 0 bridgehead atoms. The number of para-hydroxylation sites is 2. The maximum absolute atomic E-state index is 5.98. The van der Waals surface area contributed by atoms with E-state index in [2.05, 4.69) is 48.5 Å². The maximum atomic E-state index is 5.98. The number of hydrogen-bond donors (Lipinski definition) is 2. The number of fused-ring (bicyclic) bond motifs is 3. The molecule has 152 valence electrons. The lowest BCUT2D eigenvalue weighted by molar-refractivity contribution is 1.40. The van der Waals surface area contributed by atoms with Crippen LogP contribution in [0.4, 0.5) is 11.4 Å². The van der Waals surface area contributed by atoms with Gasteiger partial charge in [-0.3, -0.25) is 0 Å². The number of aromatic nitrogens is 2. The molecule has 0 saturated carbocycles. The molecule has 0 aliphatic rings. The SMILES string of the molecule is Nc1ccc(-c2c3ccccc3c(-c3ccc(N)cc3)c3nc4ccccc4nc23)cc1. The molecule has 5 aromatic carbocycles. The topological polar surface area (TPSA) is 77.8 Å². The molecule has 32 heavy (non-hydrogen) atoms. The summed E-state index contributed by atoms with van der Waals surface area (Å²) in [6, 6.07) is 32.4. The number of anilines is 2. The molecule has 6 aromatic rings. The minimum Gasteiger partial charge on any atom is -0.399 e. The molecular formula is C28H20N4. The van der Waals surface area contributed by atoms with E-state index >= 15 is 0 Å². The minimum atomic E-state index is 0.734. The molecule has 0 amide bonds. The zero-order valence-electron chi connectivity index (χ0n) is 17.3. The van der Waals surface area contributed by atoms with E-state index in [9.17, 15) is 0 Å². The second-order valence-electron chi connectivity index (χ2n) is 7.95. The summed E-state index contributed by atoms with van der Waals surface area (Å²) in [6.07, 6.45) is 0. The summed E-state index contributed by atoms with van der Waals surface area (Å²) in [5.74, 6) is 0. The fraction of sp³-hybridized carbons (Fsp3) is 0. The van der Waals surface area contributed by atoms with Gasteiger partial charge >= 0.3 is 0 Å². The Balaban J connectivity index is 1.85. The summed E-state index contributed by atoms with van der Waals surface area (Å²) in [4.78, 5) is 10.2. The average Bonchev–Trinajstić information content (AvgIpc) is 2.83. The van der Waals surface area contributed by atoms with Gasteiger partial charge in [0.1, 0.15) is 0 Å². The van der Waals surface area contributed by atoms with Crippen LogP contribution < -0.4 is 11.5 Å². The Morgan fingerprint density at radius 3 is 1.22 bits per heavy atom. The number of hydrogen-bond acceptors (Lipinski definition) is 4. The van der Waals surface area contributed by atoms with Gasteiger partial charge < -0.3 is 11.5 Å². The van der Waals surface area contributed by atoms with E-state index in [1.54, 1.807) is 0 Å². The van der Waals surface area contributed by atoms with Gasteiger partial charge in [-0.15, -0.1) is 0 Å². The molecular weight excluding hydrogens is 392 g/mol. The summed E-state index contributed by atoms with van der Waals surface area (Å²) >= 11 is 0. The van der Waals surface area contributed by atoms with Crippen LogP contribution in [0.15, 0.2) is 97.1 Å². The van der Waals surface area contributed by atoms with E-state index in [4.69, 9.17) is 21.4 Å². The number of nitrogens with two attached hydrogens (primary N) is 2. The Morgan fingerprint density at radius 1 is 0.438 bits per heavy atom. The van der Waals surface area contributed by atoms with Gasteiger partial charge in [-0.1, -0.05) is 60.7 Å². The molecule has 0 atom stereocenters. The quantitative estimate of drug-likeness (QED) is 0.254. The molecule has 0 saturated heterocycles. The lowest BCUT2D eigenvalue weighted by Gasteiger charge is -2.17. The second kappa shape index (κ2) is 7.06. The van der Waals surface area contributed by atoms with Crippen LogP contribution in [0.5, 0.6) is 0 Å². The van der Waals surface area contributed by atoms with Crippen molar-refractivity contribution in [1.29, 1.82) is 0 Å². The van der Waals surface area contributed by atoms with Crippen molar-refractivity contribution in [2.75, 3.05) is 11.5 Å². The van der Waals surface area contributed by atoms with E-state index in [0.29, 0.717) is 0 Å². The first kappa shape index (κ1) is 18.3. The van der Waals surface area contributed by atoms with Crippen molar-refractivity contribution in [3.05, 3.63) is 97.1 Å². The first-order valence-electron chi connectivity index (χ1n) is 10.5. The lowest BCUT2D eigenvalue weighted by atomic mass is 9.89. The average molecular weight is 412 g/mol. The highest BCUT2D eigenvalue weighted by Gasteiger charge is 2.19. The van der Waals surface area contributed by atoms with Crippen molar-refractivity contribution >= 4 is 44.2 Å². The number of rotatable bonds is 2. The van der Waals surface area contributed by atoms with Crippen LogP contribution in [0.25, 0.3) is 55.1 Å². The van der Waals surface area contributed by atoms with E-state index < -0.39 is 0 Å². The zero-order valence-corrected chi connectivity index (χ0v) is 17.3. The summed E-state index contributed by atoms with van der Waals surface area (Å²) in [7, 11) is 0. The van der Waals surface area contributed by atoms with Gasteiger partial charge in [-0.05, 0) is 58.3 Å². The largest absolute Gasteiger partial charge is 0.399 e. The molecule has 4 heteroatoms. The zero-order chi connectivity index (χ0) is 21.7. The lowest BCUT2D eigenvalue weighted by Crippen LogP contribution is -1.96. The molecule has 6 rings (SSSR count). The number of benzene rings is 5. The van der Waals surface area contributed by atoms with Crippen molar-refractivity contribution < 1.29 is 0 Å². The number of nitrogen functional groups attached to an aromatic ring is 2. The summed E-state index contributed by atoms with van der Waals surface area (Å²) in [5, 5.41) is 2.25. The van der Waals surface area contributed by atoms with Crippen molar-refractivity contribution in [3.8, 4) is 22.3 Å². The van der Waals surface area contributed by atoms with E-state index in [1.165, 1.54) is 0 Å². The third-order valence-electron chi connectivity index (χ3n) is 5.91. The maximum Gasteiger partial charge on any atom is 0.0985 e. The van der Waals surface area contributed by atoms with Crippen molar-refractivity contribution in [2.24, 2.45) is 0 Å². The molecule has 1 heterocycles. The molecule has 4 nitrogen and oxygen atoms in total. The molecule has 0 fully saturated rings. The number of nitrogens with zero attached hydrogens (tertiary/aromatic N) is 2. The van der Waals surface area contributed by atoms with Crippen LogP contribution >= 0.6 is 0 Å². The predicted octanol–water partition coefficient (Wildman–Crippen LogP) is 6.43. The molecule has 0 unspecified atom stereocenters. The highest BCUT2D eigenvalue weighted by Crippen LogP contribution is 2.42. The molecule has 0 aliphatic heterocycles. The summed E-state index contributed by atoms with van der Waals surface area (Å²) in [6.45, 7) is 0. The van der Waals surface area contributed by atoms with Crippen molar-refractivity contribution in [1.82, 2.24) is 9.97 Å². The molecule has 0 radical (unpaired) electrons. The monoisotopic (exact) mass is 412 g/mol. The smallest absolute Gasteiger partial charge is 0.0985 e. The third-order valence-corrected chi connectivity index (χ3v) is 5.91. The normalized spacial score (nSPS) is 11.4. The van der Waals surface area contributed by atoms with E-state index in [1.807, 2.05) is 48.5 Å². The Morgan fingerprint density at radius 2 is 0.812 bits per heavy atom. The minimum absolute atomic E-state index is 0.734. The molecule has 1 aromatic heterocycles. The van der Waals surface area contributed by atoms with Crippen LogP contribution in [0.3, 0.4) is 0 Å². The highest BCUT2D eigenvalue weighted by molar-refractivity contribution is 6.20. The second-order valence-corrected chi connectivity index (χ2v) is 7.95. The van der Waals surface area contributed by atoms with Crippen LogP contribution in [-0.2, 0) is 0 Å². The van der Waals surface area contributed by atoms with Gasteiger partial charge in [0.2, 0.25) is 0 Å². The molecule has 4 N–H and O–H groups in total. The van der Waals surface area contributed by atoms with E-state index in [0.717, 1.165) is 66.5 Å². The van der Waals surface area contributed by atoms with Crippen LogP contribution in [-0.4, -0.2) is 9.97 Å². The van der Waals surface area contributed by atoms with Gasteiger partial charge in [0.05, 0.1) is 22.1 Å². The van der Waals surface area contributed by atoms with Crippen LogP contribution in [0, 0.1) is 0 Å². The Labute approximate surface area is 185 Å². The Bertz CT molecular complexity index is 1500. The predicted molar refractivity (Wildman–Crippen MR) is 134 cm³/mol. The standard InChI is InChI=1S/C28H20N4/c29-19-13-9-17(10-14-19)25-21-5-1-2-6-22(21)26(18-11-15-20(30)16-12-18)28-27(25)31-23-7-3-4-8-24(23)32-28/h1-16H,29-30H2. The van der Waals surface area contributed by atoms with Crippen LogP contribution in [0.1, 0.15) is 0 Å². The van der Waals surface area contributed by atoms with Crippen molar-refractivity contribution in [2.45, 2.75) is 0 Å². The van der Waals surface area contributed by atoms with E-state index in [-0.39, 0.29) is 0 Å². The molecule has 0 spiro atoms. The van der Waals surface area contributed by atoms with Gasteiger partial charge in [0.25, 0.3) is 0 Å². The first-order valence-corrected chi connectivity index (χ1v) is 10.5. The third kappa shape index (κ3) is 2.85. The van der Waals surface area contributed by atoms with Gasteiger partial charge in [-0.25, -0.2) is 9.97 Å². The Kier molecular flexibility index (Phi) is 4.05. The van der Waals surface area contributed by atoms with Crippen LogP contribution in [0.2, 0.25) is 0 Å².